The summed E-state index contributed by atoms with van der Waals surface area (Å²) in [6, 6.07) is 9.41. The van der Waals surface area contributed by atoms with E-state index in [1.54, 1.807) is 10.9 Å². The smallest absolute Gasteiger partial charge is 0.219 e. The average molecular weight is 323 g/mol. The van der Waals surface area contributed by atoms with Gasteiger partial charge in [-0.3, -0.25) is 9.48 Å². The van der Waals surface area contributed by atoms with Crippen LogP contribution in [0.2, 0.25) is 0 Å². The number of ether oxygens (including phenoxy) is 1. The Hall–Kier alpha value is -1.62. The number of rotatable bonds is 5. The lowest BCUT2D eigenvalue weighted by molar-refractivity contribution is 0.0908. The van der Waals surface area contributed by atoms with Gasteiger partial charge in [0.2, 0.25) is 5.78 Å². The standard InChI is InChI=1S/C14H15BrN2O2/c1-10(2)17-14(12(15)8-16-17)13(18)9-19-11-6-4-3-5-7-11/h3-8,10H,9H2,1-2H3. The number of hydrogen-bond acceptors (Lipinski definition) is 3. The van der Waals surface area contributed by atoms with E-state index in [9.17, 15) is 4.79 Å². The fourth-order valence-corrected chi connectivity index (χ4v) is 2.22. The normalized spacial score (nSPS) is 10.7. The molecule has 0 N–H and O–H groups in total. The van der Waals surface area contributed by atoms with Gasteiger partial charge in [0.1, 0.15) is 11.4 Å². The molecule has 0 atom stereocenters. The highest BCUT2D eigenvalue weighted by Crippen LogP contribution is 2.20. The number of hydrogen-bond donors (Lipinski definition) is 0. The number of Topliss-reactive ketones (excluding diaryl/α,β-unsaturated/α-hetero) is 1. The van der Waals surface area contributed by atoms with E-state index < -0.39 is 0 Å². The van der Waals surface area contributed by atoms with Gasteiger partial charge in [-0.1, -0.05) is 18.2 Å². The van der Waals surface area contributed by atoms with Crippen molar-refractivity contribution < 1.29 is 9.53 Å². The molecule has 0 aliphatic heterocycles. The number of benzene rings is 1. The molecule has 0 amide bonds. The lowest BCUT2D eigenvalue weighted by atomic mass is 10.2. The van der Waals surface area contributed by atoms with E-state index in [1.165, 1.54) is 0 Å². The quantitative estimate of drug-likeness (QED) is 0.791. The minimum Gasteiger partial charge on any atom is -0.485 e. The molecule has 1 aromatic carbocycles. The van der Waals surface area contributed by atoms with Crippen molar-refractivity contribution >= 4 is 21.7 Å². The SMILES string of the molecule is CC(C)n1ncc(Br)c1C(=O)COc1ccccc1. The number of carbonyl (C=O) groups is 1. The minimum atomic E-state index is -0.0954. The van der Waals surface area contributed by atoms with Crippen molar-refractivity contribution in [3.8, 4) is 5.75 Å². The highest BCUT2D eigenvalue weighted by Gasteiger charge is 2.19. The molecule has 1 aromatic heterocycles. The van der Waals surface area contributed by atoms with E-state index in [2.05, 4.69) is 21.0 Å². The Morgan fingerprint density at radius 3 is 2.68 bits per heavy atom. The highest BCUT2D eigenvalue weighted by atomic mass is 79.9. The fourth-order valence-electron chi connectivity index (χ4n) is 1.73. The van der Waals surface area contributed by atoms with E-state index in [4.69, 9.17) is 4.74 Å². The van der Waals surface area contributed by atoms with Crippen molar-refractivity contribution in [3.05, 3.63) is 46.7 Å². The van der Waals surface area contributed by atoms with Crippen molar-refractivity contribution in [1.82, 2.24) is 9.78 Å². The van der Waals surface area contributed by atoms with Crippen LogP contribution < -0.4 is 4.74 Å². The third-order valence-electron chi connectivity index (χ3n) is 2.62. The molecule has 0 aliphatic rings. The summed E-state index contributed by atoms with van der Waals surface area (Å²) in [5.41, 5.74) is 0.547. The molecule has 0 fully saturated rings. The van der Waals surface area contributed by atoms with Crippen LogP contribution in [0.15, 0.2) is 41.0 Å². The minimum absolute atomic E-state index is 0.00102. The van der Waals surface area contributed by atoms with Gasteiger partial charge in [-0.25, -0.2) is 0 Å². The molecule has 5 heteroatoms. The molecular weight excluding hydrogens is 308 g/mol. The second-order valence-corrected chi connectivity index (χ2v) is 5.26. The summed E-state index contributed by atoms with van der Waals surface area (Å²) < 4.78 is 7.86. The molecule has 1 heterocycles. The van der Waals surface area contributed by atoms with E-state index in [-0.39, 0.29) is 18.4 Å². The third kappa shape index (κ3) is 3.23. The molecule has 100 valence electrons. The van der Waals surface area contributed by atoms with Gasteiger partial charge in [-0.2, -0.15) is 5.10 Å². The Balaban J connectivity index is 2.10. The van der Waals surface area contributed by atoms with Crippen LogP contribution in [0.3, 0.4) is 0 Å². The Morgan fingerprint density at radius 1 is 1.37 bits per heavy atom. The molecule has 0 spiro atoms. The summed E-state index contributed by atoms with van der Waals surface area (Å²) in [5.74, 6) is 0.588. The lowest BCUT2D eigenvalue weighted by Crippen LogP contribution is -2.18. The van der Waals surface area contributed by atoms with Gasteiger partial charge in [0.05, 0.1) is 10.7 Å². The molecular formula is C14H15BrN2O2. The van der Waals surface area contributed by atoms with Gasteiger partial charge in [-0.05, 0) is 41.9 Å². The zero-order chi connectivity index (χ0) is 13.8. The number of carbonyl (C=O) groups excluding carboxylic acids is 1. The summed E-state index contributed by atoms with van der Waals surface area (Å²) in [6.45, 7) is 3.96. The summed E-state index contributed by atoms with van der Waals surface area (Å²) in [6.07, 6.45) is 1.63. The topological polar surface area (TPSA) is 44.1 Å². The predicted octanol–water partition coefficient (Wildman–Crippen LogP) is 3.49. The first-order valence-corrected chi connectivity index (χ1v) is 6.83. The van der Waals surface area contributed by atoms with Crippen molar-refractivity contribution in [1.29, 1.82) is 0 Å². The molecule has 0 saturated heterocycles. The molecule has 0 unspecified atom stereocenters. The van der Waals surface area contributed by atoms with Crippen LogP contribution in [0.5, 0.6) is 5.75 Å². The van der Waals surface area contributed by atoms with Gasteiger partial charge in [0.15, 0.2) is 6.61 Å². The van der Waals surface area contributed by atoms with Crippen LogP contribution in [-0.2, 0) is 0 Å². The second-order valence-electron chi connectivity index (χ2n) is 4.40. The van der Waals surface area contributed by atoms with Gasteiger partial charge >= 0.3 is 0 Å². The van der Waals surface area contributed by atoms with Crippen LogP contribution in [0.4, 0.5) is 0 Å². The molecule has 0 saturated carbocycles. The monoisotopic (exact) mass is 322 g/mol. The Kier molecular flexibility index (Phi) is 4.37. The second kappa shape index (κ2) is 6.02. The van der Waals surface area contributed by atoms with Gasteiger partial charge in [0.25, 0.3) is 0 Å². The molecule has 0 aliphatic carbocycles. The number of aromatic nitrogens is 2. The highest BCUT2D eigenvalue weighted by molar-refractivity contribution is 9.10. The molecule has 0 radical (unpaired) electrons. The van der Waals surface area contributed by atoms with Gasteiger partial charge in [0, 0.05) is 6.04 Å². The Bertz CT molecular complexity index is 564. The molecule has 2 aromatic rings. The Labute approximate surface area is 120 Å². The van der Waals surface area contributed by atoms with Crippen molar-refractivity contribution in [2.45, 2.75) is 19.9 Å². The van der Waals surface area contributed by atoms with E-state index >= 15 is 0 Å². The summed E-state index contributed by atoms with van der Waals surface area (Å²) >= 11 is 3.35. The summed E-state index contributed by atoms with van der Waals surface area (Å²) in [5, 5.41) is 4.18. The third-order valence-corrected chi connectivity index (χ3v) is 3.20. The zero-order valence-corrected chi connectivity index (χ0v) is 12.4. The Morgan fingerprint density at radius 2 is 2.05 bits per heavy atom. The maximum absolute atomic E-state index is 12.2. The van der Waals surface area contributed by atoms with Gasteiger partial charge in [-0.15, -0.1) is 0 Å². The molecule has 4 nitrogen and oxygen atoms in total. The van der Waals surface area contributed by atoms with Crippen molar-refractivity contribution in [2.24, 2.45) is 0 Å². The van der Waals surface area contributed by atoms with Crippen molar-refractivity contribution in [3.63, 3.8) is 0 Å². The fraction of sp³-hybridized carbons (Fsp3) is 0.286. The number of para-hydroxylation sites is 1. The average Bonchev–Trinajstić information content (AvgIpc) is 2.79. The number of ketones is 1. The largest absolute Gasteiger partial charge is 0.485 e. The molecule has 2 rings (SSSR count). The first-order valence-electron chi connectivity index (χ1n) is 6.03. The zero-order valence-electron chi connectivity index (χ0n) is 10.8. The van der Waals surface area contributed by atoms with Crippen molar-refractivity contribution in [2.75, 3.05) is 6.61 Å². The molecule has 19 heavy (non-hydrogen) atoms. The van der Waals surface area contributed by atoms with Crippen LogP contribution >= 0.6 is 15.9 Å². The molecule has 0 bridgehead atoms. The number of nitrogens with zero attached hydrogens (tertiary/aromatic N) is 2. The van der Waals surface area contributed by atoms with E-state index in [0.29, 0.717) is 15.9 Å². The maximum Gasteiger partial charge on any atom is 0.219 e. The summed E-state index contributed by atoms with van der Waals surface area (Å²) in [7, 11) is 0. The van der Waals surface area contributed by atoms with Crippen LogP contribution in [0.1, 0.15) is 30.4 Å². The predicted molar refractivity (Wildman–Crippen MR) is 76.6 cm³/mol. The van der Waals surface area contributed by atoms with E-state index in [0.717, 1.165) is 0 Å². The summed E-state index contributed by atoms with van der Waals surface area (Å²) in [4.78, 5) is 12.2. The van der Waals surface area contributed by atoms with Crippen LogP contribution in [0, 0.1) is 0 Å². The lowest BCUT2D eigenvalue weighted by Gasteiger charge is -2.11. The van der Waals surface area contributed by atoms with Crippen LogP contribution in [-0.4, -0.2) is 22.2 Å². The van der Waals surface area contributed by atoms with E-state index in [1.807, 2.05) is 44.2 Å². The maximum atomic E-state index is 12.2. The first kappa shape index (κ1) is 13.8. The first-order chi connectivity index (χ1) is 9.09. The van der Waals surface area contributed by atoms with Crippen LogP contribution in [0.25, 0.3) is 0 Å². The van der Waals surface area contributed by atoms with Gasteiger partial charge < -0.3 is 4.74 Å². The number of halogens is 1.